The normalized spacial score (nSPS) is 12.3. The molecule has 0 aliphatic rings. The van der Waals surface area contributed by atoms with E-state index >= 15 is 0 Å². The summed E-state index contributed by atoms with van der Waals surface area (Å²) >= 11 is 0. The minimum atomic E-state index is -4.66. The van der Waals surface area contributed by atoms with Gasteiger partial charge in [0.25, 0.3) is 0 Å². The van der Waals surface area contributed by atoms with Gasteiger partial charge in [0.15, 0.2) is 5.82 Å². The number of rotatable bonds is 9. The lowest BCUT2D eigenvalue weighted by Gasteiger charge is -2.25. The molecule has 0 fully saturated rings. The van der Waals surface area contributed by atoms with Gasteiger partial charge in [-0.05, 0) is 56.7 Å². The van der Waals surface area contributed by atoms with E-state index in [9.17, 15) is 13.2 Å². The van der Waals surface area contributed by atoms with Crippen LogP contribution in [0.1, 0.15) is 32.8 Å². The maximum Gasteiger partial charge on any atom is 0.421 e. The molecule has 1 N–H and O–H groups in total. The Kier molecular flexibility index (Phi) is 7.53. The van der Waals surface area contributed by atoms with E-state index in [4.69, 9.17) is 9.57 Å². The third-order valence-corrected chi connectivity index (χ3v) is 4.54. The molecule has 3 rings (SSSR count). The number of anilines is 4. The molecule has 1 unspecified atom stereocenters. The zero-order chi connectivity index (χ0) is 23.1. The number of hydrogen-bond acceptors (Lipinski definition) is 6. The van der Waals surface area contributed by atoms with Gasteiger partial charge in [-0.2, -0.15) is 18.2 Å². The molecule has 1 aromatic heterocycles. The summed E-state index contributed by atoms with van der Waals surface area (Å²) in [5.74, 6) is 0.300. The molecule has 0 aliphatic heterocycles. The second-order valence-electron chi connectivity index (χ2n) is 6.96. The number of nitrogens with zero attached hydrogens (tertiary/aromatic N) is 3. The molecule has 0 saturated heterocycles. The van der Waals surface area contributed by atoms with E-state index in [1.165, 1.54) is 0 Å². The Morgan fingerprint density at radius 2 is 1.72 bits per heavy atom. The average Bonchev–Trinajstić information content (AvgIpc) is 2.78. The summed E-state index contributed by atoms with van der Waals surface area (Å²) in [4.78, 5) is 13.5. The van der Waals surface area contributed by atoms with E-state index in [1.807, 2.05) is 13.8 Å². The number of ether oxygens (including phenoxy) is 1. The molecule has 0 spiro atoms. The quantitative estimate of drug-likeness (QED) is 0.378. The van der Waals surface area contributed by atoms with Crippen LogP contribution in [0.5, 0.6) is 5.75 Å². The maximum absolute atomic E-state index is 13.7. The minimum absolute atomic E-state index is 0.00392. The maximum atomic E-state index is 13.7. The number of hydrogen-bond donors (Lipinski definition) is 1. The van der Waals surface area contributed by atoms with Crippen LogP contribution in [0.2, 0.25) is 0 Å². The van der Waals surface area contributed by atoms with Gasteiger partial charge in [0.05, 0.1) is 18.4 Å². The highest BCUT2D eigenvalue weighted by molar-refractivity contribution is 5.63. The standard InChI is InChI=1S/C23H25F3N4O2/c1-4-16(3)32-19-13-11-17(12-14-19)28-22-27-15-20(23(24,25)26)21(29-22)30(31-5-2)18-9-7-6-8-10-18/h6-16H,4-5H2,1-3H3,(H,27,28,29). The first kappa shape index (κ1) is 23.3. The number of nitrogens with one attached hydrogen (secondary N) is 1. The molecular weight excluding hydrogens is 421 g/mol. The summed E-state index contributed by atoms with van der Waals surface area (Å²) in [7, 11) is 0. The Morgan fingerprint density at radius 1 is 1.03 bits per heavy atom. The number of halogens is 3. The van der Waals surface area contributed by atoms with Gasteiger partial charge in [0, 0.05) is 11.9 Å². The van der Waals surface area contributed by atoms with Crippen molar-refractivity contribution in [3.63, 3.8) is 0 Å². The Morgan fingerprint density at radius 3 is 2.31 bits per heavy atom. The summed E-state index contributed by atoms with van der Waals surface area (Å²) < 4.78 is 46.9. The summed E-state index contributed by atoms with van der Waals surface area (Å²) in [6, 6.07) is 15.5. The van der Waals surface area contributed by atoms with Crippen LogP contribution in [0.4, 0.5) is 36.3 Å². The fourth-order valence-electron chi connectivity index (χ4n) is 2.80. The molecule has 0 amide bonds. The first-order chi connectivity index (χ1) is 15.3. The van der Waals surface area contributed by atoms with Gasteiger partial charge in [0.2, 0.25) is 5.95 Å². The molecule has 0 saturated carbocycles. The van der Waals surface area contributed by atoms with Crippen molar-refractivity contribution < 1.29 is 22.7 Å². The van der Waals surface area contributed by atoms with E-state index in [0.29, 0.717) is 17.1 Å². The van der Waals surface area contributed by atoms with Crippen LogP contribution in [0, 0.1) is 0 Å². The van der Waals surface area contributed by atoms with Crippen molar-refractivity contribution in [1.82, 2.24) is 9.97 Å². The summed E-state index contributed by atoms with van der Waals surface area (Å²) in [5.41, 5.74) is 0.0172. The molecule has 9 heteroatoms. The lowest BCUT2D eigenvalue weighted by molar-refractivity contribution is -0.138. The highest BCUT2D eigenvalue weighted by Gasteiger charge is 2.37. The predicted octanol–water partition coefficient (Wildman–Crippen LogP) is 6.51. The van der Waals surface area contributed by atoms with Crippen molar-refractivity contribution >= 4 is 23.1 Å². The molecule has 2 aromatic carbocycles. The molecule has 6 nitrogen and oxygen atoms in total. The van der Waals surface area contributed by atoms with Crippen molar-refractivity contribution in [1.29, 1.82) is 0 Å². The Hall–Kier alpha value is -3.33. The van der Waals surface area contributed by atoms with E-state index in [1.54, 1.807) is 61.5 Å². The van der Waals surface area contributed by atoms with Crippen LogP contribution >= 0.6 is 0 Å². The second-order valence-corrected chi connectivity index (χ2v) is 6.96. The number of para-hydroxylation sites is 1. The van der Waals surface area contributed by atoms with Gasteiger partial charge in [-0.3, -0.25) is 4.84 Å². The van der Waals surface area contributed by atoms with Crippen molar-refractivity contribution in [2.24, 2.45) is 0 Å². The van der Waals surface area contributed by atoms with Gasteiger partial charge in [0.1, 0.15) is 11.3 Å². The van der Waals surface area contributed by atoms with Gasteiger partial charge < -0.3 is 10.1 Å². The zero-order valence-electron chi connectivity index (χ0n) is 18.1. The summed E-state index contributed by atoms with van der Waals surface area (Å²) in [6.07, 6.45) is -2.95. The van der Waals surface area contributed by atoms with Gasteiger partial charge in [-0.25, -0.2) is 10.0 Å². The van der Waals surface area contributed by atoms with Crippen LogP contribution in [0.3, 0.4) is 0 Å². The van der Waals surface area contributed by atoms with Crippen molar-refractivity contribution in [3.05, 3.63) is 66.4 Å². The van der Waals surface area contributed by atoms with Crippen LogP contribution in [0.15, 0.2) is 60.8 Å². The third-order valence-electron chi connectivity index (χ3n) is 4.54. The van der Waals surface area contributed by atoms with Crippen molar-refractivity contribution in [2.75, 3.05) is 17.0 Å². The smallest absolute Gasteiger partial charge is 0.421 e. The molecule has 32 heavy (non-hydrogen) atoms. The molecule has 1 heterocycles. The van der Waals surface area contributed by atoms with Gasteiger partial charge >= 0.3 is 6.18 Å². The predicted molar refractivity (Wildman–Crippen MR) is 117 cm³/mol. The van der Waals surface area contributed by atoms with Crippen LogP contribution in [-0.2, 0) is 11.0 Å². The van der Waals surface area contributed by atoms with Crippen LogP contribution in [-0.4, -0.2) is 22.7 Å². The largest absolute Gasteiger partial charge is 0.491 e. The fraction of sp³-hybridized carbons (Fsp3) is 0.304. The molecule has 170 valence electrons. The lowest BCUT2D eigenvalue weighted by atomic mass is 10.2. The zero-order valence-corrected chi connectivity index (χ0v) is 18.1. The summed E-state index contributed by atoms with van der Waals surface area (Å²) in [5, 5.41) is 4.01. The SMILES string of the molecule is CCON(c1ccccc1)c1nc(Nc2ccc(OC(C)CC)cc2)ncc1C(F)(F)F. The molecule has 1 atom stereocenters. The van der Waals surface area contributed by atoms with Crippen LogP contribution in [0.25, 0.3) is 0 Å². The number of benzene rings is 2. The molecule has 0 aliphatic carbocycles. The average molecular weight is 446 g/mol. The molecule has 0 radical (unpaired) electrons. The van der Waals surface area contributed by atoms with Gasteiger partial charge in [-0.1, -0.05) is 25.1 Å². The Labute approximate surface area is 185 Å². The Bertz CT molecular complexity index is 998. The first-order valence-corrected chi connectivity index (χ1v) is 10.3. The third kappa shape index (κ3) is 5.88. The van der Waals surface area contributed by atoms with E-state index < -0.39 is 17.6 Å². The minimum Gasteiger partial charge on any atom is -0.491 e. The molecular formula is C23H25F3N4O2. The van der Waals surface area contributed by atoms with E-state index in [2.05, 4.69) is 15.3 Å². The first-order valence-electron chi connectivity index (χ1n) is 10.3. The highest BCUT2D eigenvalue weighted by Crippen LogP contribution is 2.38. The van der Waals surface area contributed by atoms with E-state index in [-0.39, 0.29) is 18.7 Å². The van der Waals surface area contributed by atoms with Crippen molar-refractivity contribution in [2.45, 2.75) is 39.5 Å². The lowest BCUT2D eigenvalue weighted by Crippen LogP contribution is -2.23. The monoisotopic (exact) mass is 446 g/mol. The highest BCUT2D eigenvalue weighted by atomic mass is 19.4. The van der Waals surface area contributed by atoms with Crippen molar-refractivity contribution in [3.8, 4) is 5.75 Å². The topological polar surface area (TPSA) is 59.5 Å². The fourth-order valence-corrected chi connectivity index (χ4v) is 2.80. The second kappa shape index (κ2) is 10.3. The number of aromatic nitrogens is 2. The number of alkyl halides is 3. The van der Waals surface area contributed by atoms with Crippen LogP contribution < -0.4 is 15.1 Å². The summed E-state index contributed by atoms with van der Waals surface area (Å²) in [6.45, 7) is 5.84. The molecule has 0 bridgehead atoms. The van der Waals surface area contributed by atoms with Gasteiger partial charge in [-0.15, -0.1) is 0 Å². The molecule has 3 aromatic rings. The van der Waals surface area contributed by atoms with E-state index in [0.717, 1.165) is 17.7 Å². The Balaban J connectivity index is 1.93.